The monoisotopic (exact) mass is 428 g/mol. The molecule has 1 saturated heterocycles. The molecule has 0 bridgehead atoms. The van der Waals surface area contributed by atoms with E-state index in [1.807, 2.05) is 0 Å². The van der Waals surface area contributed by atoms with Gasteiger partial charge in [0.25, 0.3) is 11.1 Å². The van der Waals surface area contributed by atoms with Gasteiger partial charge in [0.05, 0.1) is 4.91 Å². The second kappa shape index (κ2) is 7.70. The van der Waals surface area contributed by atoms with Crippen LogP contribution in [0.1, 0.15) is 12.5 Å². The summed E-state index contributed by atoms with van der Waals surface area (Å²) in [7, 11) is 0. The zero-order valence-corrected chi connectivity index (χ0v) is 15.3. The van der Waals surface area contributed by atoms with Crippen molar-refractivity contribution in [3.05, 3.63) is 33.1 Å². The van der Waals surface area contributed by atoms with E-state index in [0.717, 1.165) is 4.90 Å². The topological polar surface area (TPSA) is 124 Å². The molecule has 3 amide bonds. The highest BCUT2D eigenvalue weighted by atomic mass is 79.9. The summed E-state index contributed by atoms with van der Waals surface area (Å²) in [6.45, 7) is 0.689. The van der Waals surface area contributed by atoms with Crippen molar-refractivity contribution in [3.8, 4) is 5.75 Å². The molecule has 8 nitrogen and oxygen atoms in total. The first kappa shape index (κ1) is 19.0. The number of aliphatic carboxylic acids is 1. The Balaban J connectivity index is 2.14. The third-order valence-electron chi connectivity index (χ3n) is 3.20. The van der Waals surface area contributed by atoms with E-state index in [1.54, 1.807) is 12.1 Å². The highest BCUT2D eigenvalue weighted by Gasteiger charge is 2.36. The first-order valence-corrected chi connectivity index (χ1v) is 8.56. The van der Waals surface area contributed by atoms with E-state index in [2.05, 4.69) is 21.2 Å². The van der Waals surface area contributed by atoms with Gasteiger partial charge in [0.15, 0.2) is 0 Å². The van der Waals surface area contributed by atoms with Crippen molar-refractivity contribution in [1.82, 2.24) is 10.2 Å². The van der Waals surface area contributed by atoms with Gasteiger partial charge in [-0.15, -0.1) is 0 Å². The van der Waals surface area contributed by atoms with Gasteiger partial charge in [0.2, 0.25) is 5.91 Å². The van der Waals surface area contributed by atoms with Crippen LogP contribution in [-0.2, 0) is 14.4 Å². The lowest BCUT2D eigenvalue weighted by Gasteiger charge is -2.14. The first-order valence-electron chi connectivity index (χ1n) is 6.95. The molecule has 0 spiro atoms. The van der Waals surface area contributed by atoms with Crippen LogP contribution in [0.5, 0.6) is 5.75 Å². The third-order valence-corrected chi connectivity index (χ3v) is 4.60. The van der Waals surface area contributed by atoms with Crippen LogP contribution in [0, 0.1) is 0 Å². The number of thioether (sulfide) groups is 1. The first-order chi connectivity index (χ1) is 11.7. The van der Waals surface area contributed by atoms with Crippen LogP contribution in [0.25, 0.3) is 6.08 Å². The number of halogens is 1. The van der Waals surface area contributed by atoms with Gasteiger partial charge in [-0.3, -0.25) is 24.1 Å². The molecule has 0 saturated carbocycles. The van der Waals surface area contributed by atoms with Gasteiger partial charge in [-0.2, -0.15) is 0 Å². The zero-order valence-electron chi connectivity index (χ0n) is 12.9. The Labute approximate surface area is 155 Å². The van der Waals surface area contributed by atoms with E-state index >= 15 is 0 Å². The van der Waals surface area contributed by atoms with Crippen molar-refractivity contribution in [2.75, 3.05) is 6.54 Å². The lowest BCUT2D eigenvalue weighted by atomic mass is 10.2. The SMILES string of the molecule is CC(NC(=O)CN1C(=O)S/C(=C\c2cc(Br)ccc2O)C1=O)C(=O)O. The number of hydrogen-bond donors (Lipinski definition) is 3. The van der Waals surface area contributed by atoms with Crippen molar-refractivity contribution >= 4 is 56.8 Å². The normalized spacial score (nSPS) is 17.0. The van der Waals surface area contributed by atoms with Gasteiger partial charge < -0.3 is 15.5 Å². The van der Waals surface area contributed by atoms with Gasteiger partial charge in [-0.1, -0.05) is 15.9 Å². The van der Waals surface area contributed by atoms with Crippen LogP contribution < -0.4 is 5.32 Å². The van der Waals surface area contributed by atoms with Gasteiger partial charge >= 0.3 is 5.97 Å². The quantitative estimate of drug-likeness (QED) is 0.610. The number of rotatable bonds is 5. The molecular weight excluding hydrogens is 416 g/mol. The number of phenols is 1. The average molecular weight is 429 g/mol. The Morgan fingerprint density at radius 2 is 2.08 bits per heavy atom. The van der Waals surface area contributed by atoms with Crippen molar-refractivity contribution in [2.24, 2.45) is 0 Å². The Kier molecular flexibility index (Phi) is 5.85. The highest BCUT2D eigenvalue weighted by Crippen LogP contribution is 2.34. The van der Waals surface area contributed by atoms with Crippen LogP contribution in [-0.4, -0.2) is 50.7 Å². The fraction of sp³-hybridized carbons (Fsp3) is 0.200. The molecule has 10 heteroatoms. The molecule has 25 heavy (non-hydrogen) atoms. The number of nitrogens with zero attached hydrogens (tertiary/aromatic N) is 1. The number of carboxylic acid groups (broad SMARTS) is 1. The average Bonchev–Trinajstić information content (AvgIpc) is 2.78. The van der Waals surface area contributed by atoms with E-state index in [-0.39, 0.29) is 10.7 Å². The van der Waals surface area contributed by atoms with Crippen LogP contribution in [0.3, 0.4) is 0 Å². The summed E-state index contributed by atoms with van der Waals surface area (Å²) in [5, 5.41) is 20.1. The molecule has 132 valence electrons. The summed E-state index contributed by atoms with van der Waals surface area (Å²) in [4.78, 5) is 47.5. The fourth-order valence-electron chi connectivity index (χ4n) is 1.91. The largest absolute Gasteiger partial charge is 0.507 e. The van der Waals surface area contributed by atoms with Gasteiger partial charge in [-0.25, -0.2) is 0 Å². The number of nitrogens with one attached hydrogen (secondary N) is 1. The van der Waals surface area contributed by atoms with E-state index in [0.29, 0.717) is 21.8 Å². The maximum absolute atomic E-state index is 12.3. The molecule has 0 aliphatic carbocycles. The predicted octanol–water partition coefficient (Wildman–Crippen LogP) is 1.78. The molecule has 0 radical (unpaired) electrons. The Hall–Kier alpha value is -2.33. The Morgan fingerprint density at radius 3 is 2.72 bits per heavy atom. The molecule has 1 atom stereocenters. The molecule has 1 aromatic carbocycles. The molecule has 1 fully saturated rings. The van der Waals surface area contributed by atoms with E-state index in [9.17, 15) is 24.3 Å². The van der Waals surface area contributed by atoms with Crippen LogP contribution in [0.2, 0.25) is 0 Å². The molecule has 3 N–H and O–H groups in total. The number of carboxylic acids is 1. The number of carbonyl (C=O) groups is 4. The lowest BCUT2D eigenvalue weighted by molar-refractivity contribution is -0.141. The van der Waals surface area contributed by atoms with Gasteiger partial charge in [0.1, 0.15) is 18.3 Å². The maximum Gasteiger partial charge on any atom is 0.325 e. The number of phenolic OH excluding ortho intramolecular Hbond substituents is 1. The Morgan fingerprint density at radius 1 is 1.40 bits per heavy atom. The molecule has 1 aliphatic heterocycles. The van der Waals surface area contributed by atoms with E-state index in [4.69, 9.17) is 5.11 Å². The standard InChI is InChI=1S/C15H13BrN2O6S/c1-7(14(22)23)17-12(20)6-18-13(21)11(25-15(18)24)5-8-4-9(16)2-3-10(8)19/h2-5,7,19H,6H2,1H3,(H,17,20)(H,22,23)/b11-5-. The molecule has 0 aromatic heterocycles. The second-order valence-corrected chi connectivity index (χ2v) is 7.01. The summed E-state index contributed by atoms with van der Waals surface area (Å²) in [5.74, 6) is -2.74. The summed E-state index contributed by atoms with van der Waals surface area (Å²) >= 11 is 3.88. The molecule has 1 aromatic rings. The lowest BCUT2D eigenvalue weighted by Crippen LogP contribution is -2.45. The van der Waals surface area contributed by atoms with E-state index < -0.39 is 35.6 Å². The number of amides is 3. The van der Waals surface area contributed by atoms with Crippen molar-refractivity contribution in [1.29, 1.82) is 0 Å². The minimum absolute atomic E-state index is 0.0532. The number of aromatic hydroxyl groups is 1. The van der Waals surface area contributed by atoms with E-state index in [1.165, 1.54) is 19.1 Å². The van der Waals surface area contributed by atoms with Gasteiger partial charge in [0, 0.05) is 10.0 Å². The van der Waals surface area contributed by atoms with Crippen LogP contribution in [0.15, 0.2) is 27.6 Å². The number of imide groups is 1. The molecular formula is C15H13BrN2O6S. The smallest absolute Gasteiger partial charge is 0.325 e. The predicted molar refractivity (Wildman–Crippen MR) is 93.7 cm³/mol. The number of benzene rings is 1. The summed E-state index contributed by atoms with van der Waals surface area (Å²) < 4.78 is 0.679. The molecule has 1 unspecified atom stereocenters. The second-order valence-electron chi connectivity index (χ2n) is 5.10. The fourth-order valence-corrected chi connectivity index (χ4v) is 3.12. The molecule has 2 rings (SSSR count). The van der Waals surface area contributed by atoms with Crippen molar-refractivity contribution in [3.63, 3.8) is 0 Å². The third kappa shape index (κ3) is 4.60. The summed E-state index contributed by atoms with van der Waals surface area (Å²) in [6.07, 6.45) is 1.35. The maximum atomic E-state index is 12.3. The minimum atomic E-state index is -1.23. The van der Waals surface area contributed by atoms with Crippen LogP contribution in [0.4, 0.5) is 4.79 Å². The zero-order chi connectivity index (χ0) is 18.7. The summed E-state index contributed by atoms with van der Waals surface area (Å²) in [6, 6.07) is 3.49. The molecule has 1 aliphatic rings. The number of hydrogen-bond acceptors (Lipinski definition) is 6. The van der Waals surface area contributed by atoms with Crippen molar-refractivity contribution < 1.29 is 29.4 Å². The minimum Gasteiger partial charge on any atom is -0.507 e. The number of carbonyl (C=O) groups excluding carboxylic acids is 3. The van der Waals surface area contributed by atoms with Crippen molar-refractivity contribution in [2.45, 2.75) is 13.0 Å². The van der Waals surface area contributed by atoms with Gasteiger partial charge in [-0.05, 0) is 43.0 Å². The molecule has 1 heterocycles. The summed E-state index contributed by atoms with van der Waals surface area (Å²) in [5.41, 5.74) is 0.337. The highest BCUT2D eigenvalue weighted by molar-refractivity contribution is 9.10. The van der Waals surface area contributed by atoms with Crippen LogP contribution >= 0.6 is 27.7 Å². The Bertz CT molecular complexity index is 794.